The highest BCUT2D eigenvalue weighted by Gasteiger charge is 2.28. The number of hydrogen-bond donors (Lipinski definition) is 1. The van der Waals surface area contributed by atoms with E-state index in [-0.39, 0.29) is 12.1 Å². The van der Waals surface area contributed by atoms with Gasteiger partial charge in [-0.15, -0.1) is 0 Å². The van der Waals surface area contributed by atoms with Gasteiger partial charge in [0.05, 0.1) is 18.9 Å². The lowest BCUT2D eigenvalue weighted by Crippen LogP contribution is -2.41. The number of nitrogens with zero attached hydrogens (tertiary/aromatic N) is 1. The number of urea groups is 1. The zero-order valence-corrected chi connectivity index (χ0v) is 13.3. The molecule has 23 heavy (non-hydrogen) atoms. The van der Waals surface area contributed by atoms with E-state index in [1.54, 1.807) is 6.26 Å². The predicted octanol–water partition coefficient (Wildman–Crippen LogP) is 3.98. The highest BCUT2D eigenvalue weighted by atomic mass is 16.5. The highest BCUT2D eigenvalue weighted by Crippen LogP contribution is 2.23. The third-order valence-corrected chi connectivity index (χ3v) is 4.09. The van der Waals surface area contributed by atoms with E-state index in [0.29, 0.717) is 13.2 Å². The fraction of sp³-hybridized carbons (Fsp3) is 0.389. The van der Waals surface area contributed by atoms with Crippen molar-refractivity contribution in [3.8, 4) is 11.3 Å². The van der Waals surface area contributed by atoms with Crippen molar-refractivity contribution in [3.63, 3.8) is 0 Å². The summed E-state index contributed by atoms with van der Waals surface area (Å²) in [4.78, 5) is 14.3. The van der Waals surface area contributed by atoms with E-state index in [0.717, 1.165) is 36.4 Å². The zero-order valence-electron chi connectivity index (χ0n) is 13.3. The summed E-state index contributed by atoms with van der Waals surface area (Å²) >= 11 is 0. The first kappa shape index (κ1) is 15.6. The summed E-state index contributed by atoms with van der Waals surface area (Å²) < 4.78 is 10.8. The van der Waals surface area contributed by atoms with Crippen LogP contribution < -0.4 is 5.32 Å². The minimum Gasteiger partial charge on any atom is -0.464 e. The molecule has 1 N–H and O–H groups in total. The number of carbonyl (C=O) groups excluding carboxylic acids is 1. The van der Waals surface area contributed by atoms with Crippen LogP contribution in [0.2, 0.25) is 0 Å². The Morgan fingerprint density at radius 3 is 2.87 bits per heavy atom. The molecule has 1 aliphatic rings. The van der Waals surface area contributed by atoms with Gasteiger partial charge < -0.3 is 19.4 Å². The average Bonchev–Trinajstić information content (AvgIpc) is 3.25. The van der Waals surface area contributed by atoms with Crippen LogP contribution in [0, 0.1) is 0 Å². The number of anilines is 1. The van der Waals surface area contributed by atoms with Crippen LogP contribution in [-0.4, -0.2) is 36.7 Å². The maximum absolute atomic E-state index is 12.4. The molecule has 0 saturated carbocycles. The number of amides is 2. The lowest BCUT2D eigenvalue weighted by atomic mass is 10.1. The smallest absolute Gasteiger partial charge is 0.322 e. The van der Waals surface area contributed by atoms with E-state index in [2.05, 4.69) is 5.32 Å². The molecule has 1 aromatic heterocycles. The van der Waals surface area contributed by atoms with Crippen molar-refractivity contribution >= 4 is 11.7 Å². The first-order valence-corrected chi connectivity index (χ1v) is 8.07. The second-order valence-electron chi connectivity index (χ2n) is 5.63. The summed E-state index contributed by atoms with van der Waals surface area (Å²) in [5.41, 5.74) is 1.77. The second kappa shape index (κ2) is 7.33. The minimum absolute atomic E-state index is 0.0575. The van der Waals surface area contributed by atoms with Crippen LogP contribution in [0.4, 0.5) is 10.5 Å². The van der Waals surface area contributed by atoms with Crippen LogP contribution in [-0.2, 0) is 4.74 Å². The van der Waals surface area contributed by atoms with Gasteiger partial charge in [0.2, 0.25) is 0 Å². The van der Waals surface area contributed by atoms with E-state index in [4.69, 9.17) is 9.15 Å². The summed E-state index contributed by atoms with van der Waals surface area (Å²) in [5.74, 6) is 0.819. The van der Waals surface area contributed by atoms with Crippen LogP contribution in [0.1, 0.15) is 19.8 Å². The van der Waals surface area contributed by atoms with E-state index >= 15 is 0 Å². The Kier molecular flexibility index (Phi) is 4.98. The normalized spacial score (nSPS) is 17.4. The third kappa shape index (κ3) is 3.74. The molecule has 1 fully saturated rings. The molecule has 5 heteroatoms. The summed E-state index contributed by atoms with van der Waals surface area (Å²) in [5, 5.41) is 2.96. The Labute approximate surface area is 136 Å². The van der Waals surface area contributed by atoms with Gasteiger partial charge in [0.25, 0.3) is 0 Å². The molecule has 0 radical (unpaired) electrons. The molecule has 0 aliphatic carbocycles. The molecule has 1 aliphatic heterocycles. The van der Waals surface area contributed by atoms with Gasteiger partial charge in [-0.1, -0.05) is 0 Å². The van der Waals surface area contributed by atoms with Gasteiger partial charge in [-0.3, -0.25) is 0 Å². The third-order valence-electron chi connectivity index (χ3n) is 4.09. The number of ether oxygens (including phenoxy) is 1. The zero-order chi connectivity index (χ0) is 16.1. The van der Waals surface area contributed by atoms with Crippen molar-refractivity contribution in [1.29, 1.82) is 0 Å². The SMILES string of the molecule is CCOCC1CCCN1C(=O)Nc1ccc(-c2ccco2)cc1. The topological polar surface area (TPSA) is 54.7 Å². The maximum atomic E-state index is 12.4. The average molecular weight is 314 g/mol. The molecular weight excluding hydrogens is 292 g/mol. The van der Waals surface area contributed by atoms with Crippen molar-refractivity contribution in [2.75, 3.05) is 25.1 Å². The molecule has 2 amide bonds. The number of carbonyl (C=O) groups is 1. The van der Waals surface area contributed by atoms with Gasteiger partial charge in [-0.25, -0.2) is 4.79 Å². The Morgan fingerprint density at radius 1 is 1.35 bits per heavy atom. The molecule has 3 rings (SSSR count). The molecule has 1 aromatic carbocycles. The number of benzene rings is 1. The summed E-state index contributed by atoms with van der Waals surface area (Å²) in [6.07, 6.45) is 3.68. The molecule has 1 saturated heterocycles. The summed E-state index contributed by atoms with van der Waals surface area (Å²) in [6.45, 7) is 4.05. The maximum Gasteiger partial charge on any atom is 0.322 e. The lowest BCUT2D eigenvalue weighted by Gasteiger charge is -2.24. The van der Waals surface area contributed by atoms with Crippen LogP contribution in [0.5, 0.6) is 0 Å². The number of rotatable bonds is 5. The molecule has 0 bridgehead atoms. The Balaban J connectivity index is 1.61. The quantitative estimate of drug-likeness (QED) is 0.908. The van der Waals surface area contributed by atoms with Gasteiger partial charge in [-0.05, 0) is 56.2 Å². The Hall–Kier alpha value is -2.27. The largest absolute Gasteiger partial charge is 0.464 e. The summed E-state index contributed by atoms with van der Waals surface area (Å²) in [6, 6.07) is 11.6. The van der Waals surface area contributed by atoms with Crippen molar-refractivity contribution in [3.05, 3.63) is 42.7 Å². The molecule has 1 atom stereocenters. The van der Waals surface area contributed by atoms with Crippen molar-refractivity contribution in [2.45, 2.75) is 25.8 Å². The summed E-state index contributed by atoms with van der Waals surface area (Å²) in [7, 11) is 0. The van der Waals surface area contributed by atoms with E-state index in [1.807, 2.05) is 48.2 Å². The first-order valence-electron chi connectivity index (χ1n) is 8.07. The molecule has 0 spiro atoms. The van der Waals surface area contributed by atoms with Gasteiger partial charge in [0.15, 0.2) is 0 Å². The standard InChI is InChI=1S/C18H22N2O3/c1-2-22-13-16-5-3-11-20(16)18(21)19-15-9-7-14(8-10-15)17-6-4-12-23-17/h4,6-10,12,16H,2-3,5,11,13H2,1H3,(H,19,21). The van der Waals surface area contributed by atoms with Crippen molar-refractivity contribution in [1.82, 2.24) is 4.90 Å². The van der Waals surface area contributed by atoms with Gasteiger partial charge in [0.1, 0.15) is 5.76 Å². The molecule has 2 heterocycles. The molecule has 2 aromatic rings. The number of hydrogen-bond acceptors (Lipinski definition) is 3. The Morgan fingerprint density at radius 2 is 2.17 bits per heavy atom. The Bertz CT molecular complexity index is 622. The molecule has 5 nitrogen and oxygen atoms in total. The monoisotopic (exact) mass is 314 g/mol. The fourth-order valence-corrected chi connectivity index (χ4v) is 2.89. The lowest BCUT2D eigenvalue weighted by molar-refractivity contribution is 0.0970. The van der Waals surface area contributed by atoms with Crippen molar-refractivity contribution < 1.29 is 13.9 Å². The van der Waals surface area contributed by atoms with Crippen LogP contribution in [0.25, 0.3) is 11.3 Å². The second-order valence-corrected chi connectivity index (χ2v) is 5.63. The van der Waals surface area contributed by atoms with Crippen LogP contribution >= 0.6 is 0 Å². The van der Waals surface area contributed by atoms with Crippen LogP contribution in [0.15, 0.2) is 47.1 Å². The van der Waals surface area contributed by atoms with E-state index in [9.17, 15) is 4.79 Å². The van der Waals surface area contributed by atoms with E-state index in [1.165, 1.54) is 0 Å². The number of nitrogens with one attached hydrogen (secondary N) is 1. The van der Waals surface area contributed by atoms with Gasteiger partial charge in [-0.2, -0.15) is 0 Å². The van der Waals surface area contributed by atoms with Crippen molar-refractivity contribution in [2.24, 2.45) is 0 Å². The molecular formula is C18H22N2O3. The fourth-order valence-electron chi connectivity index (χ4n) is 2.89. The molecule has 122 valence electrons. The number of likely N-dealkylation sites (tertiary alicyclic amines) is 1. The van der Waals surface area contributed by atoms with E-state index < -0.39 is 0 Å². The van der Waals surface area contributed by atoms with Gasteiger partial charge in [0, 0.05) is 24.4 Å². The van der Waals surface area contributed by atoms with Crippen LogP contribution in [0.3, 0.4) is 0 Å². The highest BCUT2D eigenvalue weighted by molar-refractivity contribution is 5.90. The molecule has 1 unspecified atom stereocenters. The number of furan rings is 1. The first-order chi connectivity index (χ1) is 11.3. The predicted molar refractivity (Wildman–Crippen MR) is 89.4 cm³/mol. The van der Waals surface area contributed by atoms with Gasteiger partial charge >= 0.3 is 6.03 Å². The minimum atomic E-state index is -0.0575.